The van der Waals surface area contributed by atoms with Gasteiger partial charge in [0, 0.05) is 0 Å². The molecule has 0 aliphatic rings. The van der Waals surface area contributed by atoms with Gasteiger partial charge in [-0.1, -0.05) is 0 Å². The lowest BCUT2D eigenvalue weighted by Crippen LogP contribution is -2.05. The molecule has 0 bridgehead atoms. The van der Waals surface area contributed by atoms with Crippen molar-refractivity contribution in [2.45, 2.75) is 6.92 Å². The zero-order valence-corrected chi connectivity index (χ0v) is 5.80. The maximum Gasteiger partial charge on any atom is 0.372 e. The van der Waals surface area contributed by atoms with Crippen molar-refractivity contribution < 1.29 is 14.3 Å². The standard InChI is InChI=1S/C6H10O3/c1-4-5(8-2)6(7)9-3/h4H,1-3H3/b5-4-. The van der Waals surface area contributed by atoms with Gasteiger partial charge in [0.05, 0.1) is 14.2 Å². The van der Waals surface area contributed by atoms with Crippen LogP contribution >= 0.6 is 0 Å². The van der Waals surface area contributed by atoms with E-state index in [0.717, 1.165) is 0 Å². The molecule has 0 N–H and O–H groups in total. The Morgan fingerprint density at radius 1 is 1.33 bits per heavy atom. The molecular weight excluding hydrogens is 120 g/mol. The van der Waals surface area contributed by atoms with Gasteiger partial charge in [0.15, 0.2) is 5.76 Å². The fraction of sp³-hybridized carbons (Fsp3) is 0.500. The molecule has 0 spiro atoms. The summed E-state index contributed by atoms with van der Waals surface area (Å²) in [4.78, 5) is 10.6. The molecule has 3 heteroatoms. The van der Waals surface area contributed by atoms with Gasteiger partial charge in [-0.3, -0.25) is 0 Å². The summed E-state index contributed by atoms with van der Waals surface area (Å²) in [5.41, 5.74) is 0. The van der Waals surface area contributed by atoms with Crippen LogP contribution in [-0.4, -0.2) is 20.2 Å². The van der Waals surface area contributed by atoms with Gasteiger partial charge in [-0.2, -0.15) is 0 Å². The van der Waals surface area contributed by atoms with E-state index in [1.165, 1.54) is 14.2 Å². The first-order chi connectivity index (χ1) is 4.26. The van der Waals surface area contributed by atoms with E-state index in [0.29, 0.717) is 0 Å². The van der Waals surface area contributed by atoms with E-state index in [9.17, 15) is 4.79 Å². The predicted molar refractivity (Wildman–Crippen MR) is 32.8 cm³/mol. The van der Waals surface area contributed by atoms with Gasteiger partial charge in [-0.25, -0.2) is 4.79 Å². The Bertz CT molecular complexity index is 126. The van der Waals surface area contributed by atoms with Crippen molar-refractivity contribution in [3.05, 3.63) is 11.8 Å². The minimum Gasteiger partial charge on any atom is -0.490 e. The van der Waals surface area contributed by atoms with Crippen LogP contribution in [0.15, 0.2) is 11.8 Å². The average Bonchev–Trinajstić information content (AvgIpc) is 1.90. The SMILES string of the molecule is C/C=C(\OC)C(=O)OC. The molecule has 0 atom stereocenters. The quantitative estimate of drug-likeness (QED) is 0.314. The highest BCUT2D eigenvalue weighted by Crippen LogP contribution is 1.95. The fourth-order valence-corrected chi connectivity index (χ4v) is 0.420. The van der Waals surface area contributed by atoms with Crippen LogP contribution in [0.25, 0.3) is 0 Å². The van der Waals surface area contributed by atoms with E-state index >= 15 is 0 Å². The molecular formula is C6H10O3. The average molecular weight is 130 g/mol. The lowest BCUT2D eigenvalue weighted by atomic mass is 10.5. The van der Waals surface area contributed by atoms with Crippen molar-refractivity contribution >= 4 is 5.97 Å². The molecule has 0 aromatic heterocycles. The Balaban J connectivity index is 3.97. The van der Waals surface area contributed by atoms with Crippen molar-refractivity contribution in [3.8, 4) is 0 Å². The molecule has 0 radical (unpaired) electrons. The van der Waals surface area contributed by atoms with E-state index in [1.54, 1.807) is 13.0 Å². The third-order valence-electron chi connectivity index (χ3n) is 0.869. The van der Waals surface area contributed by atoms with E-state index in [4.69, 9.17) is 0 Å². The van der Waals surface area contributed by atoms with Gasteiger partial charge in [0.2, 0.25) is 0 Å². The molecule has 0 amide bonds. The van der Waals surface area contributed by atoms with Crippen LogP contribution in [-0.2, 0) is 14.3 Å². The van der Waals surface area contributed by atoms with Crippen LogP contribution in [0.5, 0.6) is 0 Å². The Kier molecular flexibility index (Phi) is 3.51. The third-order valence-corrected chi connectivity index (χ3v) is 0.869. The summed E-state index contributed by atoms with van der Waals surface area (Å²) in [6.07, 6.45) is 1.55. The Hall–Kier alpha value is -0.990. The lowest BCUT2D eigenvalue weighted by molar-refractivity contribution is -0.139. The smallest absolute Gasteiger partial charge is 0.372 e. The van der Waals surface area contributed by atoms with Crippen LogP contribution in [0, 0.1) is 0 Å². The van der Waals surface area contributed by atoms with Crippen LogP contribution in [0.4, 0.5) is 0 Å². The zero-order chi connectivity index (χ0) is 7.28. The number of methoxy groups -OCH3 is 2. The summed E-state index contributed by atoms with van der Waals surface area (Å²) in [6.45, 7) is 1.70. The second kappa shape index (κ2) is 3.95. The summed E-state index contributed by atoms with van der Waals surface area (Å²) in [7, 11) is 2.73. The molecule has 0 unspecified atom stereocenters. The molecule has 0 heterocycles. The van der Waals surface area contributed by atoms with Crippen molar-refractivity contribution in [1.82, 2.24) is 0 Å². The predicted octanol–water partition coefficient (Wildman–Crippen LogP) is 0.710. The summed E-state index contributed by atoms with van der Waals surface area (Å²) in [5.74, 6) is -0.211. The fourth-order valence-electron chi connectivity index (χ4n) is 0.420. The summed E-state index contributed by atoms with van der Waals surface area (Å²) < 4.78 is 9.00. The van der Waals surface area contributed by atoms with E-state index in [2.05, 4.69) is 9.47 Å². The highest BCUT2D eigenvalue weighted by atomic mass is 16.6. The zero-order valence-electron chi connectivity index (χ0n) is 5.80. The topological polar surface area (TPSA) is 35.5 Å². The van der Waals surface area contributed by atoms with Gasteiger partial charge in [0.25, 0.3) is 0 Å². The molecule has 52 valence electrons. The van der Waals surface area contributed by atoms with Crippen LogP contribution < -0.4 is 0 Å². The number of carbonyl (C=O) groups is 1. The highest BCUT2D eigenvalue weighted by Gasteiger charge is 2.05. The van der Waals surface area contributed by atoms with Gasteiger partial charge in [-0.15, -0.1) is 0 Å². The summed E-state index contributed by atoms with van der Waals surface area (Å²) >= 11 is 0. The minimum atomic E-state index is -0.444. The lowest BCUT2D eigenvalue weighted by Gasteiger charge is -2.00. The number of allylic oxidation sites excluding steroid dienone is 1. The first-order valence-corrected chi connectivity index (χ1v) is 2.54. The maximum atomic E-state index is 10.6. The molecule has 9 heavy (non-hydrogen) atoms. The van der Waals surface area contributed by atoms with Gasteiger partial charge in [-0.05, 0) is 13.0 Å². The molecule has 0 aromatic carbocycles. The van der Waals surface area contributed by atoms with Gasteiger partial charge < -0.3 is 9.47 Å². The van der Waals surface area contributed by atoms with Crippen molar-refractivity contribution in [2.75, 3.05) is 14.2 Å². The van der Waals surface area contributed by atoms with E-state index in [1.807, 2.05) is 0 Å². The number of hydrogen-bond acceptors (Lipinski definition) is 3. The molecule has 0 fully saturated rings. The summed E-state index contributed by atoms with van der Waals surface area (Å²) in [6, 6.07) is 0. The molecule has 0 saturated heterocycles. The second-order valence-electron chi connectivity index (χ2n) is 1.35. The van der Waals surface area contributed by atoms with Crippen LogP contribution in [0.2, 0.25) is 0 Å². The number of carbonyl (C=O) groups excluding carboxylic acids is 1. The largest absolute Gasteiger partial charge is 0.490 e. The van der Waals surface area contributed by atoms with E-state index < -0.39 is 5.97 Å². The minimum absolute atomic E-state index is 0.234. The molecule has 0 aromatic rings. The molecule has 0 aliphatic heterocycles. The number of esters is 1. The normalized spacial score (nSPS) is 10.8. The van der Waals surface area contributed by atoms with Gasteiger partial charge >= 0.3 is 5.97 Å². The first-order valence-electron chi connectivity index (χ1n) is 2.54. The number of ether oxygens (including phenoxy) is 2. The summed E-state index contributed by atoms with van der Waals surface area (Å²) in [5, 5.41) is 0. The van der Waals surface area contributed by atoms with Crippen LogP contribution in [0.1, 0.15) is 6.92 Å². The molecule has 3 nitrogen and oxygen atoms in total. The third kappa shape index (κ3) is 2.17. The number of rotatable bonds is 2. The Morgan fingerprint density at radius 3 is 2.00 bits per heavy atom. The van der Waals surface area contributed by atoms with Gasteiger partial charge in [0.1, 0.15) is 0 Å². The second-order valence-corrected chi connectivity index (χ2v) is 1.35. The van der Waals surface area contributed by atoms with Crippen molar-refractivity contribution in [3.63, 3.8) is 0 Å². The van der Waals surface area contributed by atoms with Crippen LogP contribution in [0.3, 0.4) is 0 Å². The Morgan fingerprint density at radius 2 is 1.89 bits per heavy atom. The Labute approximate surface area is 54.3 Å². The van der Waals surface area contributed by atoms with Crippen molar-refractivity contribution in [1.29, 1.82) is 0 Å². The number of hydrogen-bond donors (Lipinski definition) is 0. The monoisotopic (exact) mass is 130 g/mol. The molecule has 0 saturated carbocycles. The molecule has 0 aliphatic carbocycles. The maximum absolute atomic E-state index is 10.6. The molecule has 0 rings (SSSR count). The highest BCUT2D eigenvalue weighted by molar-refractivity contribution is 5.85. The first kappa shape index (κ1) is 8.01. The van der Waals surface area contributed by atoms with Crippen molar-refractivity contribution in [2.24, 2.45) is 0 Å². The van der Waals surface area contributed by atoms with E-state index in [-0.39, 0.29) is 5.76 Å².